The molecule has 0 aliphatic heterocycles. The van der Waals surface area contributed by atoms with Gasteiger partial charge < -0.3 is 4.79 Å². The molecule has 118 valence electrons. The Kier molecular flexibility index (Phi) is 12.3. The van der Waals surface area contributed by atoms with Crippen molar-refractivity contribution < 1.29 is 11.1 Å². The zero-order valence-electron chi connectivity index (χ0n) is 14.1. The van der Waals surface area contributed by atoms with E-state index in [0.29, 0.717) is 5.92 Å². The number of carbonyl (C=O) groups is 1. The highest BCUT2D eigenvalue weighted by molar-refractivity contribution is 5.24. The number of carbonyl (C=O) groups excluding carboxylic acids is 1. The molecule has 0 spiro atoms. The van der Waals surface area contributed by atoms with Gasteiger partial charge in [0.1, 0.15) is 6.79 Å². The molecule has 0 amide bonds. The van der Waals surface area contributed by atoms with E-state index in [1.165, 1.54) is 11.1 Å². The van der Waals surface area contributed by atoms with Crippen LogP contribution in [-0.4, -0.2) is 18.9 Å². The molecule has 1 aromatic carbocycles. The van der Waals surface area contributed by atoms with Crippen molar-refractivity contribution >= 4 is 6.79 Å². The van der Waals surface area contributed by atoms with Gasteiger partial charge in [-0.3, -0.25) is 4.84 Å². The van der Waals surface area contributed by atoms with Gasteiger partial charge in [-0.1, -0.05) is 50.6 Å². The second-order valence-corrected chi connectivity index (χ2v) is 5.37. The molecule has 1 rings (SSSR count). The minimum absolute atomic E-state index is 0. The van der Waals surface area contributed by atoms with Crippen LogP contribution in [0.1, 0.15) is 60.0 Å². The highest BCUT2D eigenvalue weighted by Gasteiger charge is 2.11. The van der Waals surface area contributed by atoms with Crippen LogP contribution in [0, 0.1) is 6.92 Å². The van der Waals surface area contributed by atoms with Crippen molar-refractivity contribution in [1.82, 2.24) is 5.48 Å². The maximum Gasteiger partial charge on any atom is 0.106 e. The minimum atomic E-state index is -0.132. The second kappa shape index (κ2) is 11.6. The van der Waals surface area contributed by atoms with Crippen LogP contribution in [0.4, 0.5) is 0 Å². The largest absolute Gasteiger partial charge is 0.307 e. The fourth-order valence-electron chi connectivity index (χ4n) is 1.40. The Morgan fingerprint density at radius 2 is 1.65 bits per heavy atom. The maximum absolute atomic E-state index is 8.00. The Morgan fingerprint density at radius 1 is 1.20 bits per heavy atom. The standard InChI is InChI=1S/C14H23NO.C2H6.CH2O.H2/c1-11-6-8-13(9-7-11)12(2)10-15-16-14(3,4)5;2*1-2;/h6-9,12,15H,10H2,1-5H3;1-2H3;1H2;1H. The van der Waals surface area contributed by atoms with E-state index in [1.807, 2.05) is 41.4 Å². The molecule has 0 aliphatic rings. The van der Waals surface area contributed by atoms with Gasteiger partial charge in [-0.15, -0.1) is 0 Å². The Labute approximate surface area is 126 Å². The lowest BCUT2D eigenvalue weighted by Crippen LogP contribution is -2.31. The van der Waals surface area contributed by atoms with Gasteiger partial charge in [0.25, 0.3) is 0 Å². The van der Waals surface area contributed by atoms with Crippen LogP contribution in [-0.2, 0) is 9.63 Å². The van der Waals surface area contributed by atoms with E-state index in [0.717, 1.165) is 6.54 Å². The fourth-order valence-corrected chi connectivity index (χ4v) is 1.40. The van der Waals surface area contributed by atoms with Gasteiger partial charge in [-0.25, -0.2) is 5.48 Å². The number of hydrogen-bond acceptors (Lipinski definition) is 3. The van der Waals surface area contributed by atoms with Crippen molar-refractivity contribution in [1.29, 1.82) is 0 Å². The summed E-state index contributed by atoms with van der Waals surface area (Å²) in [6.07, 6.45) is 0. The van der Waals surface area contributed by atoms with Crippen LogP contribution in [0.25, 0.3) is 0 Å². The molecule has 0 aromatic heterocycles. The fraction of sp³-hybridized carbons (Fsp3) is 0.588. The zero-order chi connectivity index (χ0) is 16.2. The smallest absolute Gasteiger partial charge is 0.106 e. The summed E-state index contributed by atoms with van der Waals surface area (Å²) in [6.45, 7) is 17.3. The summed E-state index contributed by atoms with van der Waals surface area (Å²) in [4.78, 5) is 13.5. The van der Waals surface area contributed by atoms with E-state index in [4.69, 9.17) is 9.63 Å². The van der Waals surface area contributed by atoms with Gasteiger partial charge >= 0.3 is 0 Å². The van der Waals surface area contributed by atoms with Crippen LogP contribution >= 0.6 is 0 Å². The van der Waals surface area contributed by atoms with Crippen molar-refractivity contribution in [3.8, 4) is 0 Å². The van der Waals surface area contributed by atoms with E-state index < -0.39 is 0 Å². The highest BCUT2D eigenvalue weighted by Crippen LogP contribution is 2.15. The first kappa shape index (κ1) is 21.1. The number of nitrogens with one attached hydrogen (secondary N) is 1. The van der Waals surface area contributed by atoms with Crippen molar-refractivity contribution in [2.75, 3.05) is 6.54 Å². The third-order valence-electron chi connectivity index (χ3n) is 2.41. The Hall–Kier alpha value is -1.19. The van der Waals surface area contributed by atoms with Crippen LogP contribution in [0.15, 0.2) is 24.3 Å². The van der Waals surface area contributed by atoms with Gasteiger partial charge in [-0.2, -0.15) is 0 Å². The molecule has 3 nitrogen and oxygen atoms in total. The quantitative estimate of drug-likeness (QED) is 0.826. The SMILES string of the molecule is C=O.CC.Cc1ccc(C(C)CNOC(C)(C)C)cc1.[HH]. The third kappa shape index (κ3) is 10.7. The van der Waals surface area contributed by atoms with E-state index >= 15 is 0 Å². The molecule has 1 N–H and O–H groups in total. The lowest BCUT2D eigenvalue weighted by molar-refractivity contribution is -0.0980. The van der Waals surface area contributed by atoms with Crippen molar-refractivity contribution in [2.24, 2.45) is 0 Å². The lowest BCUT2D eigenvalue weighted by Gasteiger charge is -2.21. The lowest BCUT2D eigenvalue weighted by atomic mass is 10.0. The molecule has 0 fully saturated rings. The molecule has 0 saturated heterocycles. The topological polar surface area (TPSA) is 38.3 Å². The molecule has 1 unspecified atom stereocenters. The summed E-state index contributed by atoms with van der Waals surface area (Å²) in [5.41, 5.74) is 5.55. The van der Waals surface area contributed by atoms with Crippen LogP contribution < -0.4 is 5.48 Å². The zero-order valence-corrected chi connectivity index (χ0v) is 14.1. The number of benzene rings is 1. The van der Waals surface area contributed by atoms with E-state index in [9.17, 15) is 0 Å². The van der Waals surface area contributed by atoms with Crippen molar-refractivity contribution in [2.45, 2.75) is 60.0 Å². The molecule has 1 atom stereocenters. The number of aryl methyl sites for hydroxylation is 1. The number of rotatable bonds is 4. The van der Waals surface area contributed by atoms with Crippen LogP contribution in [0.5, 0.6) is 0 Å². The first-order valence-corrected chi connectivity index (χ1v) is 7.15. The monoisotopic (exact) mass is 283 g/mol. The van der Waals surface area contributed by atoms with Crippen molar-refractivity contribution in [3.63, 3.8) is 0 Å². The average Bonchev–Trinajstić information content (AvgIpc) is 2.42. The second-order valence-electron chi connectivity index (χ2n) is 5.37. The summed E-state index contributed by atoms with van der Waals surface area (Å²) in [6, 6.07) is 8.66. The molecule has 1 aromatic rings. The van der Waals surface area contributed by atoms with Gasteiger partial charge in [0.05, 0.1) is 5.60 Å². The average molecular weight is 283 g/mol. The van der Waals surface area contributed by atoms with Gasteiger partial charge in [0, 0.05) is 7.97 Å². The predicted octanol–water partition coefficient (Wildman–Crippen LogP) is 4.51. The molecule has 0 heterocycles. The summed E-state index contributed by atoms with van der Waals surface area (Å²) >= 11 is 0. The number of hydrogen-bond donors (Lipinski definition) is 1. The minimum Gasteiger partial charge on any atom is -0.307 e. The van der Waals surface area contributed by atoms with E-state index in [2.05, 4.69) is 43.6 Å². The molecule has 3 heteroatoms. The first-order chi connectivity index (χ1) is 9.38. The number of hydroxylamine groups is 1. The maximum atomic E-state index is 8.00. The summed E-state index contributed by atoms with van der Waals surface area (Å²) < 4.78 is 0. The Bertz CT molecular complexity index is 334. The third-order valence-corrected chi connectivity index (χ3v) is 2.41. The molecule has 20 heavy (non-hydrogen) atoms. The molecule has 0 bridgehead atoms. The molecule has 0 aliphatic carbocycles. The summed E-state index contributed by atoms with van der Waals surface area (Å²) in [7, 11) is 0. The van der Waals surface area contributed by atoms with Gasteiger partial charge in [-0.05, 0) is 39.2 Å². The van der Waals surface area contributed by atoms with Gasteiger partial charge in [0.15, 0.2) is 0 Å². The Morgan fingerprint density at radius 3 is 2.05 bits per heavy atom. The molecular formula is C17H33NO2. The van der Waals surface area contributed by atoms with Gasteiger partial charge in [0.2, 0.25) is 0 Å². The molecule has 0 saturated carbocycles. The normalized spacial score (nSPS) is 11.6. The Balaban J connectivity index is -0.000000595. The first-order valence-electron chi connectivity index (χ1n) is 7.15. The summed E-state index contributed by atoms with van der Waals surface area (Å²) in [5.74, 6) is 0.461. The predicted molar refractivity (Wildman–Crippen MR) is 89.0 cm³/mol. The van der Waals surface area contributed by atoms with Crippen LogP contribution in [0.2, 0.25) is 0 Å². The van der Waals surface area contributed by atoms with Crippen LogP contribution in [0.3, 0.4) is 0 Å². The molecule has 0 radical (unpaired) electrons. The highest BCUT2D eigenvalue weighted by atomic mass is 16.7. The van der Waals surface area contributed by atoms with Crippen molar-refractivity contribution in [3.05, 3.63) is 35.4 Å². The van der Waals surface area contributed by atoms with E-state index in [1.54, 1.807) is 0 Å². The van der Waals surface area contributed by atoms with E-state index in [-0.39, 0.29) is 7.03 Å². The molecular weight excluding hydrogens is 250 g/mol. The summed E-state index contributed by atoms with van der Waals surface area (Å²) in [5, 5.41) is 0.